The molecule has 0 rings (SSSR count). The molecule has 0 heterocycles. The first-order chi connectivity index (χ1) is 9.10. The van der Waals surface area contributed by atoms with Gasteiger partial charge in [0.15, 0.2) is 0 Å². The monoisotopic (exact) mass is 288 g/mol. The standard InChI is InChI=1S/C11H20N4O5/c1-11(2,3)15-8(17)5-14-10(20)13-4-7(16)12-6-9(18)19/h4-6H2,1-3H3,(H,12,16)(H,15,17)(H,18,19)(H2,13,14,20). The van der Waals surface area contributed by atoms with Gasteiger partial charge in [-0.1, -0.05) is 0 Å². The van der Waals surface area contributed by atoms with Crippen molar-refractivity contribution >= 4 is 23.8 Å². The highest BCUT2D eigenvalue weighted by Crippen LogP contribution is 1.96. The van der Waals surface area contributed by atoms with Gasteiger partial charge in [0.05, 0.1) is 13.1 Å². The molecule has 0 atom stereocenters. The molecule has 0 aliphatic rings. The lowest BCUT2D eigenvalue weighted by Crippen LogP contribution is -2.49. The fraction of sp³-hybridized carbons (Fsp3) is 0.636. The van der Waals surface area contributed by atoms with E-state index in [1.807, 2.05) is 0 Å². The van der Waals surface area contributed by atoms with Crippen molar-refractivity contribution in [3.8, 4) is 0 Å². The first kappa shape index (κ1) is 17.7. The number of urea groups is 1. The zero-order valence-corrected chi connectivity index (χ0v) is 11.7. The zero-order chi connectivity index (χ0) is 15.8. The summed E-state index contributed by atoms with van der Waals surface area (Å²) < 4.78 is 0. The lowest BCUT2D eigenvalue weighted by Gasteiger charge is -2.20. The third kappa shape index (κ3) is 10.8. The van der Waals surface area contributed by atoms with Crippen molar-refractivity contribution in [1.82, 2.24) is 21.3 Å². The molecule has 5 N–H and O–H groups in total. The highest BCUT2D eigenvalue weighted by molar-refractivity contribution is 5.88. The van der Waals surface area contributed by atoms with Crippen LogP contribution in [0.3, 0.4) is 0 Å². The fourth-order valence-corrected chi connectivity index (χ4v) is 1.08. The van der Waals surface area contributed by atoms with Crippen LogP contribution in [0.5, 0.6) is 0 Å². The molecule has 0 bridgehead atoms. The minimum Gasteiger partial charge on any atom is -0.480 e. The molecule has 0 aliphatic heterocycles. The number of carboxylic acid groups (broad SMARTS) is 1. The van der Waals surface area contributed by atoms with Gasteiger partial charge >= 0.3 is 12.0 Å². The topological polar surface area (TPSA) is 137 Å². The van der Waals surface area contributed by atoms with Crippen LogP contribution in [0.2, 0.25) is 0 Å². The predicted octanol–water partition coefficient (Wildman–Crippen LogP) is -1.60. The summed E-state index contributed by atoms with van der Waals surface area (Å²) in [6.07, 6.45) is 0. The van der Waals surface area contributed by atoms with E-state index in [4.69, 9.17) is 5.11 Å². The van der Waals surface area contributed by atoms with Gasteiger partial charge in [-0.05, 0) is 20.8 Å². The van der Waals surface area contributed by atoms with Crippen molar-refractivity contribution in [3.05, 3.63) is 0 Å². The molecule has 0 aromatic rings. The molecule has 0 aliphatic carbocycles. The lowest BCUT2D eigenvalue weighted by molar-refractivity contribution is -0.137. The van der Waals surface area contributed by atoms with Crippen LogP contribution in [0.15, 0.2) is 0 Å². The summed E-state index contributed by atoms with van der Waals surface area (Å²) >= 11 is 0. The van der Waals surface area contributed by atoms with Gasteiger partial charge in [0, 0.05) is 5.54 Å². The van der Waals surface area contributed by atoms with Crippen molar-refractivity contribution in [2.24, 2.45) is 0 Å². The van der Waals surface area contributed by atoms with Crippen LogP contribution in [0, 0.1) is 0 Å². The maximum Gasteiger partial charge on any atom is 0.322 e. The van der Waals surface area contributed by atoms with Gasteiger partial charge in [-0.3, -0.25) is 14.4 Å². The second-order valence-corrected chi connectivity index (χ2v) is 5.00. The first-order valence-electron chi connectivity index (χ1n) is 5.91. The van der Waals surface area contributed by atoms with Crippen molar-refractivity contribution in [2.45, 2.75) is 26.3 Å². The average molecular weight is 288 g/mol. The highest BCUT2D eigenvalue weighted by Gasteiger charge is 2.14. The molecular weight excluding hydrogens is 268 g/mol. The van der Waals surface area contributed by atoms with Crippen molar-refractivity contribution in [2.75, 3.05) is 19.6 Å². The minimum absolute atomic E-state index is 0.222. The molecule has 9 heteroatoms. The second kappa shape index (κ2) is 7.97. The van der Waals surface area contributed by atoms with E-state index < -0.39 is 30.0 Å². The van der Waals surface area contributed by atoms with Gasteiger partial charge in [0.2, 0.25) is 11.8 Å². The van der Waals surface area contributed by atoms with Gasteiger partial charge < -0.3 is 26.4 Å². The molecule has 0 fully saturated rings. The third-order valence-electron chi connectivity index (χ3n) is 1.77. The maximum atomic E-state index is 11.4. The van der Waals surface area contributed by atoms with Crippen molar-refractivity contribution < 1.29 is 24.3 Å². The number of hydrogen-bond donors (Lipinski definition) is 5. The Morgan fingerprint density at radius 1 is 0.850 bits per heavy atom. The lowest BCUT2D eigenvalue weighted by atomic mass is 10.1. The van der Waals surface area contributed by atoms with E-state index >= 15 is 0 Å². The van der Waals surface area contributed by atoms with Crippen LogP contribution >= 0.6 is 0 Å². The molecule has 0 radical (unpaired) electrons. The second-order valence-electron chi connectivity index (χ2n) is 5.00. The molecular formula is C11H20N4O5. The van der Waals surface area contributed by atoms with Gasteiger partial charge in [0.1, 0.15) is 6.54 Å². The Morgan fingerprint density at radius 3 is 1.80 bits per heavy atom. The number of carbonyl (C=O) groups excluding carboxylic acids is 3. The summed E-state index contributed by atoms with van der Waals surface area (Å²) in [5.41, 5.74) is -0.397. The van der Waals surface area contributed by atoms with Crippen LogP contribution in [-0.4, -0.2) is 54.1 Å². The van der Waals surface area contributed by atoms with E-state index in [0.717, 1.165) is 0 Å². The zero-order valence-electron chi connectivity index (χ0n) is 11.7. The summed E-state index contributed by atoms with van der Waals surface area (Å²) in [7, 11) is 0. The van der Waals surface area contributed by atoms with Crippen LogP contribution in [0.4, 0.5) is 4.79 Å². The Morgan fingerprint density at radius 2 is 1.35 bits per heavy atom. The van der Waals surface area contributed by atoms with Crippen LogP contribution in [-0.2, 0) is 14.4 Å². The van der Waals surface area contributed by atoms with Crippen molar-refractivity contribution in [1.29, 1.82) is 0 Å². The summed E-state index contributed by atoms with van der Waals surface area (Å²) in [5.74, 6) is -2.17. The molecule has 0 aromatic carbocycles. The minimum atomic E-state index is -1.18. The van der Waals surface area contributed by atoms with Crippen LogP contribution < -0.4 is 21.3 Å². The van der Waals surface area contributed by atoms with E-state index in [2.05, 4.69) is 21.3 Å². The van der Waals surface area contributed by atoms with Gasteiger partial charge in [-0.25, -0.2) is 4.79 Å². The Bertz CT molecular complexity index is 389. The number of nitrogens with one attached hydrogen (secondary N) is 4. The predicted molar refractivity (Wildman–Crippen MR) is 69.9 cm³/mol. The number of carboxylic acids is 1. The van der Waals surface area contributed by atoms with Crippen molar-refractivity contribution in [3.63, 3.8) is 0 Å². The first-order valence-corrected chi connectivity index (χ1v) is 5.91. The van der Waals surface area contributed by atoms with Crippen LogP contribution in [0.25, 0.3) is 0 Å². The highest BCUT2D eigenvalue weighted by atomic mass is 16.4. The molecule has 0 spiro atoms. The summed E-state index contributed by atoms with van der Waals surface area (Å²) in [6.45, 7) is 4.29. The molecule has 114 valence electrons. The molecule has 9 nitrogen and oxygen atoms in total. The molecule has 0 unspecified atom stereocenters. The van der Waals surface area contributed by atoms with E-state index in [1.54, 1.807) is 20.8 Å². The summed E-state index contributed by atoms with van der Waals surface area (Å²) in [5, 5.41) is 17.5. The molecule has 20 heavy (non-hydrogen) atoms. The number of rotatable bonds is 6. The number of hydrogen-bond acceptors (Lipinski definition) is 4. The van der Waals surface area contributed by atoms with E-state index in [1.165, 1.54) is 0 Å². The molecule has 0 saturated heterocycles. The third-order valence-corrected chi connectivity index (χ3v) is 1.77. The Kier molecular flexibility index (Phi) is 7.05. The Labute approximate surface area is 116 Å². The summed E-state index contributed by atoms with van der Waals surface area (Å²) in [4.78, 5) is 43.9. The van der Waals surface area contributed by atoms with E-state index in [-0.39, 0.29) is 19.0 Å². The smallest absolute Gasteiger partial charge is 0.322 e. The van der Waals surface area contributed by atoms with E-state index in [9.17, 15) is 19.2 Å². The quantitative estimate of drug-likeness (QED) is 0.401. The van der Waals surface area contributed by atoms with Gasteiger partial charge in [-0.2, -0.15) is 0 Å². The van der Waals surface area contributed by atoms with Gasteiger partial charge in [-0.15, -0.1) is 0 Å². The molecule has 0 aromatic heterocycles. The number of carbonyl (C=O) groups is 4. The summed E-state index contributed by atoms with van der Waals surface area (Å²) in [6, 6.07) is -0.695. The molecule has 0 saturated carbocycles. The fourth-order valence-electron chi connectivity index (χ4n) is 1.08. The number of amides is 4. The molecule has 4 amide bonds. The average Bonchev–Trinajstić information content (AvgIpc) is 2.29. The largest absolute Gasteiger partial charge is 0.480 e. The SMILES string of the molecule is CC(C)(C)NC(=O)CNC(=O)NCC(=O)NCC(=O)O. The normalized spacial score (nSPS) is 10.3. The maximum absolute atomic E-state index is 11.4. The Balaban J connectivity index is 3.81. The van der Waals surface area contributed by atoms with E-state index in [0.29, 0.717) is 0 Å². The Hall–Kier alpha value is -2.32. The van der Waals surface area contributed by atoms with Gasteiger partial charge in [0.25, 0.3) is 0 Å². The van der Waals surface area contributed by atoms with Crippen LogP contribution in [0.1, 0.15) is 20.8 Å². The number of aliphatic carboxylic acids is 1.